The van der Waals surface area contributed by atoms with Crippen molar-refractivity contribution in [3.05, 3.63) is 51.1 Å². The van der Waals surface area contributed by atoms with Crippen LogP contribution in [0.1, 0.15) is 18.3 Å². The van der Waals surface area contributed by atoms with Crippen LogP contribution in [0.25, 0.3) is 0 Å². The second-order valence-electron chi connectivity index (χ2n) is 5.78. The van der Waals surface area contributed by atoms with Crippen molar-refractivity contribution in [2.75, 3.05) is 5.32 Å². The summed E-state index contributed by atoms with van der Waals surface area (Å²) in [5, 5.41) is 16.8. The lowest BCUT2D eigenvalue weighted by molar-refractivity contribution is -0.386. The summed E-state index contributed by atoms with van der Waals surface area (Å²) in [6, 6.07) is 1.44. The summed E-state index contributed by atoms with van der Waals surface area (Å²) in [6.07, 6.45) is -1.41. The molecule has 1 atom stereocenters. The number of benzene rings is 1. The van der Waals surface area contributed by atoms with Gasteiger partial charge < -0.3 is 10.1 Å². The van der Waals surface area contributed by atoms with E-state index in [1.165, 1.54) is 20.8 Å². The molecule has 150 valence electrons. The maximum atomic E-state index is 13.6. The number of carbonyl (C=O) groups is 2. The number of hydrogen-bond acceptors (Lipinski definition) is 6. The highest BCUT2D eigenvalue weighted by Crippen LogP contribution is 2.22. The smallest absolute Gasteiger partial charge is 0.328 e. The monoisotopic (exact) mass is 400 g/mol. The Morgan fingerprint density at radius 3 is 2.50 bits per heavy atom. The van der Waals surface area contributed by atoms with Gasteiger partial charge in [-0.2, -0.15) is 5.10 Å². The third-order valence-electron chi connectivity index (χ3n) is 3.78. The van der Waals surface area contributed by atoms with Gasteiger partial charge in [-0.15, -0.1) is 0 Å². The predicted molar refractivity (Wildman–Crippen MR) is 88.9 cm³/mol. The van der Waals surface area contributed by atoms with Crippen molar-refractivity contribution in [3.8, 4) is 0 Å². The minimum absolute atomic E-state index is 0.106. The van der Waals surface area contributed by atoms with E-state index < -0.39 is 52.6 Å². The van der Waals surface area contributed by atoms with Crippen LogP contribution in [0.3, 0.4) is 0 Å². The molecule has 1 aromatic heterocycles. The van der Waals surface area contributed by atoms with Crippen molar-refractivity contribution in [2.24, 2.45) is 0 Å². The van der Waals surface area contributed by atoms with Crippen LogP contribution in [0.2, 0.25) is 0 Å². The van der Waals surface area contributed by atoms with Crippen LogP contribution in [0, 0.1) is 41.4 Å². The molecule has 0 saturated carbocycles. The van der Waals surface area contributed by atoms with Gasteiger partial charge in [0, 0.05) is 0 Å². The quantitative estimate of drug-likeness (QED) is 0.344. The summed E-state index contributed by atoms with van der Waals surface area (Å²) in [7, 11) is 0. The number of aryl methyl sites for hydroxylation is 1. The normalized spacial score (nSPS) is 11.8. The molecule has 28 heavy (non-hydrogen) atoms. The van der Waals surface area contributed by atoms with E-state index >= 15 is 0 Å². The summed E-state index contributed by atoms with van der Waals surface area (Å²) in [6.45, 7) is 3.47. The molecular weight excluding hydrogens is 385 g/mol. The highest BCUT2D eigenvalue weighted by molar-refractivity contribution is 5.95. The summed E-state index contributed by atoms with van der Waals surface area (Å²) >= 11 is 0. The predicted octanol–water partition coefficient (Wildman–Crippen LogP) is 2.40. The number of ether oxygens (including phenoxy) is 1. The summed E-state index contributed by atoms with van der Waals surface area (Å²) in [5.41, 5.74) is -0.635. The van der Waals surface area contributed by atoms with Gasteiger partial charge in [0.15, 0.2) is 23.6 Å². The first-order valence-electron chi connectivity index (χ1n) is 7.85. The Morgan fingerprint density at radius 1 is 1.29 bits per heavy atom. The van der Waals surface area contributed by atoms with Gasteiger partial charge in [-0.1, -0.05) is 0 Å². The van der Waals surface area contributed by atoms with Crippen molar-refractivity contribution in [1.29, 1.82) is 0 Å². The number of nitrogens with zero attached hydrogens (tertiary/aromatic N) is 3. The maximum absolute atomic E-state index is 13.6. The third-order valence-corrected chi connectivity index (χ3v) is 3.78. The number of anilines is 1. The van der Waals surface area contributed by atoms with Crippen molar-refractivity contribution >= 4 is 23.3 Å². The van der Waals surface area contributed by atoms with E-state index in [2.05, 4.69) is 5.10 Å². The maximum Gasteiger partial charge on any atom is 0.328 e. The van der Waals surface area contributed by atoms with Gasteiger partial charge in [0.05, 0.1) is 10.6 Å². The van der Waals surface area contributed by atoms with E-state index in [4.69, 9.17) is 4.74 Å². The number of esters is 1. The van der Waals surface area contributed by atoms with Crippen molar-refractivity contribution < 1.29 is 32.4 Å². The van der Waals surface area contributed by atoms with Gasteiger partial charge in [-0.05, 0) is 32.9 Å². The molecule has 0 spiro atoms. The topological polar surface area (TPSA) is 116 Å². The van der Waals surface area contributed by atoms with Gasteiger partial charge in [0.1, 0.15) is 17.9 Å². The lowest BCUT2D eigenvalue weighted by Gasteiger charge is -2.14. The van der Waals surface area contributed by atoms with Crippen LogP contribution in [0.15, 0.2) is 12.1 Å². The van der Waals surface area contributed by atoms with Crippen molar-refractivity contribution in [3.63, 3.8) is 0 Å². The summed E-state index contributed by atoms with van der Waals surface area (Å²) < 4.78 is 45.6. The van der Waals surface area contributed by atoms with Crippen molar-refractivity contribution in [2.45, 2.75) is 33.4 Å². The molecule has 12 heteroatoms. The molecule has 1 aromatic carbocycles. The second kappa shape index (κ2) is 8.06. The Hall–Kier alpha value is -3.44. The van der Waals surface area contributed by atoms with Crippen LogP contribution in [0.4, 0.5) is 24.5 Å². The van der Waals surface area contributed by atoms with E-state index in [0.717, 1.165) is 10.7 Å². The van der Waals surface area contributed by atoms with E-state index in [-0.39, 0.29) is 17.1 Å². The van der Waals surface area contributed by atoms with Gasteiger partial charge in [-0.25, -0.2) is 13.2 Å². The molecule has 1 N–H and O–H groups in total. The molecule has 0 aliphatic rings. The molecule has 0 bridgehead atoms. The van der Waals surface area contributed by atoms with Gasteiger partial charge in [-0.3, -0.25) is 24.4 Å². The second-order valence-corrected chi connectivity index (χ2v) is 5.78. The summed E-state index contributed by atoms with van der Waals surface area (Å²) in [4.78, 5) is 34.3. The van der Waals surface area contributed by atoms with Crippen LogP contribution < -0.4 is 5.32 Å². The lowest BCUT2D eigenvalue weighted by Crippen LogP contribution is -2.31. The standard InChI is InChI=1S/C16H15F3N4O5/c1-7-15(23(26)27)8(2)22(21-7)6-12(24)28-9(3)16(25)20-11-5-4-10(17)13(18)14(11)19/h4-5,9H,6H2,1-3H3,(H,20,25)/t9-/m0/s1. The third kappa shape index (κ3) is 4.27. The number of aromatic nitrogens is 2. The summed E-state index contributed by atoms with van der Waals surface area (Å²) in [5.74, 6) is -6.70. The zero-order chi connectivity index (χ0) is 21.2. The Bertz CT molecular complexity index is 960. The lowest BCUT2D eigenvalue weighted by atomic mass is 10.2. The van der Waals surface area contributed by atoms with Crippen LogP contribution >= 0.6 is 0 Å². The first-order valence-corrected chi connectivity index (χ1v) is 7.85. The van der Waals surface area contributed by atoms with E-state index in [1.807, 2.05) is 5.32 Å². The van der Waals surface area contributed by atoms with Crippen LogP contribution in [-0.2, 0) is 20.9 Å². The molecule has 0 radical (unpaired) electrons. The number of amides is 1. The molecule has 2 aromatic rings. The fourth-order valence-electron chi connectivity index (χ4n) is 2.37. The fourth-order valence-corrected chi connectivity index (χ4v) is 2.37. The molecule has 1 amide bonds. The van der Waals surface area contributed by atoms with Gasteiger partial charge >= 0.3 is 11.7 Å². The molecule has 1 heterocycles. The molecule has 2 rings (SSSR count). The Morgan fingerprint density at radius 2 is 1.93 bits per heavy atom. The van der Waals surface area contributed by atoms with E-state index in [0.29, 0.717) is 6.07 Å². The number of hydrogen-bond donors (Lipinski definition) is 1. The SMILES string of the molecule is Cc1nn(CC(=O)O[C@@H](C)C(=O)Nc2ccc(F)c(F)c2F)c(C)c1[N+](=O)[O-]. The Labute approximate surface area is 156 Å². The highest BCUT2D eigenvalue weighted by atomic mass is 19.2. The van der Waals surface area contributed by atoms with Crippen molar-refractivity contribution in [1.82, 2.24) is 9.78 Å². The molecular formula is C16H15F3N4O5. The molecule has 0 aliphatic carbocycles. The first-order chi connectivity index (χ1) is 13.0. The first kappa shape index (κ1) is 20.9. The number of nitro groups is 1. The van der Waals surface area contributed by atoms with E-state index in [1.54, 1.807) is 0 Å². The van der Waals surface area contributed by atoms with Crippen LogP contribution in [-0.4, -0.2) is 32.7 Å². The number of nitrogens with one attached hydrogen (secondary N) is 1. The largest absolute Gasteiger partial charge is 0.451 e. The highest BCUT2D eigenvalue weighted by Gasteiger charge is 2.25. The number of rotatable bonds is 6. The fraction of sp³-hybridized carbons (Fsp3) is 0.312. The van der Waals surface area contributed by atoms with Gasteiger partial charge in [0.2, 0.25) is 0 Å². The average Bonchev–Trinajstić information content (AvgIpc) is 2.88. The molecule has 0 saturated heterocycles. The number of carbonyl (C=O) groups excluding carboxylic acids is 2. The Kier molecular flexibility index (Phi) is 6.01. The minimum Gasteiger partial charge on any atom is -0.451 e. The average molecular weight is 400 g/mol. The minimum atomic E-state index is -1.76. The van der Waals surface area contributed by atoms with E-state index in [9.17, 15) is 32.9 Å². The van der Waals surface area contributed by atoms with Crippen LogP contribution in [0.5, 0.6) is 0 Å². The molecule has 0 aliphatic heterocycles. The zero-order valence-corrected chi connectivity index (χ0v) is 15.0. The molecule has 0 fully saturated rings. The number of halogens is 3. The Balaban J connectivity index is 2.03. The molecule has 9 nitrogen and oxygen atoms in total. The zero-order valence-electron chi connectivity index (χ0n) is 15.0. The van der Waals surface area contributed by atoms with Gasteiger partial charge in [0.25, 0.3) is 5.91 Å². The molecule has 0 unspecified atom stereocenters.